The summed E-state index contributed by atoms with van der Waals surface area (Å²) in [5.74, 6) is -2.51. The molecule has 0 amide bonds. The zero-order valence-corrected chi connectivity index (χ0v) is 69.5. The van der Waals surface area contributed by atoms with Crippen LogP contribution in [0.5, 0.6) is 0 Å². The van der Waals surface area contributed by atoms with Gasteiger partial charge in [-0.15, -0.1) is 0 Å². The van der Waals surface area contributed by atoms with E-state index in [-0.39, 0.29) is 0 Å². The van der Waals surface area contributed by atoms with Gasteiger partial charge in [-0.05, 0) is 163 Å². The third-order valence-electron chi connectivity index (χ3n) is 22.6. The number of pyridine rings is 8. The second-order valence-electron chi connectivity index (χ2n) is 31.4. The molecule has 0 spiro atoms. The van der Waals surface area contributed by atoms with Crippen LogP contribution in [0.2, 0.25) is 0 Å². The van der Waals surface area contributed by atoms with E-state index in [2.05, 4.69) is 217 Å². The predicted octanol–water partition coefficient (Wildman–Crippen LogP) is 24.6. The second-order valence-corrected chi connectivity index (χ2v) is 31.4. The first-order valence-electron chi connectivity index (χ1n) is 42.7. The average molecular weight is 1550 g/mol. The molecular weight excluding hydrogens is 1440 g/mol. The number of benzene rings is 7. The second kappa shape index (κ2) is 32.2. The summed E-state index contributed by atoms with van der Waals surface area (Å²) in [5.41, 5.74) is 28.2. The highest BCUT2D eigenvalue weighted by Gasteiger charge is 2.28. The van der Waals surface area contributed by atoms with Crippen molar-refractivity contribution in [1.82, 2.24) is 15.0 Å². The third kappa shape index (κ3) is 14.8. The van der Waals surface area contributed by atoms with Gasteiger partial charge in [-0.3, -0.25) is 0 Å². The molecule has 0 radical (unpaired) electrons. The van der Waals surface area contributed by atoms with Crippen LogP contribution in [0.1, 0.15) is 137 Å². The Labute approximate surface area is 691 Å². The molecule has 13 heterocycles. The van der Waals surface area contributed by atoms with Crippen LogP contribution >= 0.6 is 0 Å². The molecule has 0 saturated heterocycles. The Balaban J connectivity index is 0.000000114. The zero-order chi connectivity index (χ0) is 87.0. The number of aryl methyl sites for hydroxylation is 10. The highest BCUT2D eigenvalue weighted by molar-refractivity contribution is 6.13. The van der Waals surface area contributed by atoms with Gasteiger partial charge in [0.25, 0.3) is 0 Å². The van der Waals surface area contributed by atoms with Crippen LogP contribution in [0.15, 0.2) is 284 Å². The van der Waals surface area contributed by atoms with Crippen molar-refractivity contribution in [3.63, 3.8) is 0 Å². The van der Waals surface area contributed by atoms with Crippen LogP contribution in [0.25, 0.3) is 166 Å². The monoisotopic (exact) mass is 1550 g/mol. The van der Waals surface area contributed by atoms with Gasteiger partial charge in [0.05, 0.1) is 27.8 Å². The van der Waals surface area contributed by atoms with Crippen molar-refractivity contribution in [1.29, 1.82) is 0 Å². The Morgan fingerprint density at radius 1 is 0.274 bits per heavy atom. The summed E-state index contributed by atoms with van der Waals surface area (Å²) in [5, 5.41) is 10.8. The fraction of sp³-hybridized carbons (Fsp3) is 0.212. The molecule has 0 aliphatic rings. The lowest BCUT2D eigenvalue weighted by molar-refractivity contribution is -0.660. The smallest absolute Gasteiger partial charge is 0.227 e. The van der Waals surface area contributed by atoms with Crippen molar-refractivity contribution in [3.05, 3.63) is 312 Å². The van der Waals surface area contributed by atoms with Gasteiger partial charge in [0.15, 0.2) is 47.7 Å². The molecule has 1 atom stereocenters. The lowest BCUT2D eigenvalue weighted by Gasteiger charge is -2.09. The molecule has 20 rings (SSSR count). The molecular formula is C104H101N8O5+5. The number of aromatic nitrogens is 8. The maximum atomic E-state index is 8.46. The number of rotatable bonds is 9. The number of hydrogen-bond donors (Lipinski definition) is 0. The summed E-state index contributed by atoms with van der Waals surface area (Å²) in [6.45, 7) is 21.6. The van der Waals surface area contributed by atoms with Crippen molar-refractivity contribution in [2.24, 2.45) is 35.2 Å². The lowest BCUT2D eigenvalue weighted by Crippen LogP contribution is -2.31. The van der Waals surface area contributed by atoms with Crippen molar-refractivity contribution in [2.75, 3.05) is 0 Å². The molecule has 117 heavy (non-hydrogen) atoms. The summed E-state index contributed by atoms with van der Waals surface area (Å²) in [6, 6.07) is 71.6. The summed E-state index contributed by atoms with van der Waals surface area (Å²) < 4.78 is 89.7. The van der Waals surface area contributed by atoms with Gasteiger partial charge in [-0.2, -0.15) is 0 Å². The van der Waals surface area contributed by atoms with E-state index in [0.717, 1.165) is 166 Å². The van der Waals surface area contributed by atoms with Crippen LogP contribution in [-0.2, 0) is 35.2 Å². The van der Waals surface area contributed by atoms with Crippen LogP contribution in [0, 0.1) is 34.6 Å². The van der Waals surface area contributed by atoms with Crippen molar-refractivity contribution >= 4 is 110 Å². The fourth-order valence-corrected chi connectivity index (χ4v) is 16.0. The summed E-state index contributed by atoms with van der Waals surface area (Å²) >= 11 is 0. The average Bonchev–Trinajstić information content (AvgIpc) is 1.68. The number of nitrogens with zero attached hydrogens (tertiary/aromatic N) is 8. The van der Waals surface area contributed by atoms with Gasteiger partial charge in [0.2, 0.25) is 45.6 Å². The predicted molar refractivity (Wildman–Crippen MR) is 475 cm³/mol. The maximum absolute atomic E-state index is 8.46. The minimum Gasteiger partial charge on any atom is -0.455 e. The molecule has 13 aromatic heterocycles. The van der Waals surface area contributed by atoms with Gasteiger partial charge in [0, 0.05) is 141 Å². The normalized spacial score (nSPS) is 13.2. The number of furan rings is 5. The molecule has 0 fully saturated rings. The van der Waals surface area contributed by atoms with E-state index in [0.29, 0.717) is 28.6 Å². The minimum atomic E-state index is -2.43. The summed E-state index contributed by atoms with van der Waals surface area (Å²) in [4.78, 5) is 13.1. The standard InChI is InChI=1S/2C22H22NO.2C21H21N2O.C18H15N2O/c2*1-14(2)16-11-12-23(4)19(13-16)21-15(3)9-10-18-17-7-5-6-8-20(17)24-22(18)21;2*1-13(2)15-9-11-23(4)18(12-15)19-14(3)7-8-16-17-6-5-10-22-21(17)24-20(16)19;1-12-8-9-13-14-6-5-10-19-18(14)21-17(13)16(12)15-7-3-4-11-20(15)2/h2*5-14H,1-4H3;2*5-13H,1-4H3;3-11H,1-2H3/q5*+1/i1D3,14D;14D;13D;;. The van der Waals surface area contributed by atoms with Gasteiger partial charge in [-0.25, -0.2) is 37.8 Å². The third-order valence-corrected chi connectivity index (χ3v) is 22.6. The molecule has 1 unspecified atom stereocenters. The fourth-order valence-electron chi connectivity index (χ4n) is 16.0. The van der Waals surface area contributed by atoms with Crippen molar-refractivity contribution in [2.45, 2.75) is 114 Å². The van der Waals surface area contributed by atoms with E-state index in [4.69, 9.17) is 30.3 Å². The zero-order valence-electron chi connectivity index (χ0n) is 75.5. The SMILES string of the molecule is Cc1ccc2c(oc3ncccc32)c1-c1cc(C(C)C)cc[n+]1C.Cc1ccc2c(oc3ncccc32)c1-c1cccc[n+]1C.[2H]C(C)(C)c1cc[n+](C)c(-c2c(C)ccc3c2oc2ccccc23)c1.[2H]C(C)(C)c1cc[n+](C)c(-c2c(C)ccc3c2oc2ncccc23)c1.[2H]C([2H])([2H])C([2H])(C)c1cc[n+](C)c(-c2c(C)ccc3c2oc2ccccc23)c1. The Bertz CT molecular complexity index is 7320. The van der Waals surface area contributed by atoms with E-state index in [1.165, 1.54) is 34.9 Å². The highest BCUT2D eigenvalue weighted by atomic mass is 16.4. The van der Waals surface area contributed by atoms with Gasteiger partial charge in [0.1, 0.15) is 57.6 Å². The van der Waals surface area contributed by atoms with Crippen molar-refractivity contribution < 1.29 is 53.1 Å². The van der Waals surface area contributed by atoms with Gasteiger partial charge in [-0.1, -0.05) is 152 Å². The van der Waals surface area contributed by atoms with Crippen LogP contribution < -0.4 is 22.8 Å². The van der Waals surface area contributed by atoms with E-state index < -0.39 is 24.5 Å². The van der Waals surface area contributed by atoms with E-state index in [1.807, 2.05) is 164 Å². The molecule has 0 N–H and O–H groups in total. The minimum absolute atomic E-state index is 0.452. The number of hydrogen-bond acceptors (Lipinski definition) is 8. The summed E-state index contributed by atoms with van der Waals surface area (Å²) in [7, 11) is 10.1. The molecule has 7 aromatic carbocycles. The Morgan fingerprint density at radius 3 is 0.889 bits per heavy atom. The number of para-hydroxylation sites is 2. The van der Waals surface area contributed by atoms with Crippen LogP contribution in [0.3, 0.4) is 0 Å². The molecule has 0 aliphatic heterocycles. The highest BCUT2D eigenvalue weighted by Crippen LogP contribution is 2.43. The first-order chi connectivity index (χ1) is 58.6. The molecule has 0 saturated carbocycles. The van der Waals surface area contributed by atoms with E-state index >= 15 is 0 Å². The Kier molecular flexibility index (Phi) is 19.4. The lowest BCUT2D eigenvalue weighted by atomic mass is 9.97. The first-order valence-corrected chi connectivity index (χ1v) is 39.7. The molecule has 0 aliphatic carbocycles. The Morgan fingerprint density at radius 2 is 0.556 bits per heavy atom. The molecule has 13 heteroatoms. The quantitative estimate of drug-likeness (QED) is 0.131. The first kappa shape index (κ1) is 70.4. The topological polar surface area (TPSA) is 124 Å². The van der Waals surface area contributed by atoms with Gasteiger partial charge < -0.3 is 22.1 Å². The molecule has 13 nitrogen and oxygen atoms in total. The maximum Gasteiger partial charge on any atom is 0.227 e. The van der Waals surface area contributed by atoms with Gasteiger partial charge >= 0.3 is 0 Å². The molecule has 0 bridgehead atoms. The van der Waals surface area contributed by atoms with E-state index in [1.54, 1.807) is 30.7 Å². The van der Waals surface area contributed by atoms with Crippen LogP contribution in [-0.4, -0.2) is 15.0 Å². The number of fused-ring (bicyclic) bond motifs is 15. The molecule has 582 valence electrons. The Hall–Kier alpha value is -13.3. The van der Waals surface area contributed by atoms with Crippen LogP contribution in [0.4, 0.5) is 0 Å². The summed E-state index contributed by atoms with van der Waals surface area (Å²) in [6.07, 6.45) is 15.3. The van der Waals surface area contributed by atoms with Crippen molar-refractivity contribution in [3.8, 4) is 56.3 Å². The largest absolute Gasteiger partial charge is 0.455 e. The van der Waals surface area contributed by atoms with E-state index in [9.17, 15) is 0 Å². The molecule has 20 aromatic rings.